The molecule has 0 aliphatic carbocycles. The third kappa shape index (κ3) is 2.47. The monoisotopic (exact) mass is 226 g/mol. The molecule has 0 atom stereocenters. The van der Waals surface area contributed by atoms with E-state index in [1.807, 2.05) is 12.1 Å². The molecule has 1 aromatic heterocycles. The molecule has 1 aromatic carbocycles. The van der Waals surface area contributed by atoms with Gasteiger partial charge in [0.15, 0.2) is 0 Å². The molecule has 2 N–H and O–H groups in total. The number of pyridine rings is 1. The Kier molecular flexibility index (Phi) is 3.14. The Balaban J connectivity index is 2.61. The molecule has 0 fully saturated rings. The minimum absolute atomic E-state index is 0.500. The van der Waals surface area contributed by atoms with Crippen LogP contribution in [-0.2, 0) is 0 Å². The topological polar surface area (TPSA) is 38.9 Å². The SMILES string of the molecule is Cc1ccc(C(C)C)c(-c2ccnc(N)c2)c1. The van der Waals surface area contributed by atoms with E-state index in [0.717, 1.165) is 5.56 Å². The van der Waals surface area contributed by atoms with Crippen molar-refractivity contribution in [3.63, 3.8) is 0 Å². The summed E-state index contributed by atoms with van der Waals surface area (Å²) in [6.45, 7) is 6.52. The second kappa shape index (κ2) is 4.58. The molecule has 88 valence electrons. The van der Waals surface area contributed by atoms with Crippen LogP contribution in [0.15, 0.2) is 36.5 Å². The molecule has 1 heterocycles. The second-order valence-corrected chi connectivity index (χ2v) is 4.71. The van der Waals surface area contributed by atoms with Crippen LogP contribution in [0.3, 0.4) is 0 Å². The molecule has 0 amide bonds. The van der Waals surface area contributed by atoms with Gasteiger partial charge in [0.2, 0.25) is 0 Å². The summed E-state index contributed by atoms with van der Waals surface area (Å²) in [5.41, 5.74) is 10.8. The molecule has 0 spiro atoms. The summed E-state index contributed by atoms with van der Waals surface area (Å²) in [5, 5.41) is 0. The Labute approximate surface area is 103 Å². The molecule has 2 rings (SSSR count). The van der Waals surface area contributed by atoms with E-state index in [0.29, 0.717) is 11.7 Å². The van der Waals surface area contributed by atoms with E-state index in [1.54, 1.807) is 6.20 Å². The highest BCUT2D eigenvalue weighted by atomic mass is 14.8. The van der Waals surface area contributed by atoms with E-state index in [2.05, 4.69) is 44.0 Å². The molecule has 0 saturated carbocycles. The van der Waals surface area contributed by atoms with Gasteiger partial charge in [-0.1, -0.05) is 37.6 Å². The van der Waals surface area contributed by atoms with Gasteiger partial charge in [0.1, 0.15) is 5.82 Å². The number of anilines is 1. The molecule has 17 heavy (non-hydrogen) atoms. The van der Waals surface area contributed by atoms with Crippen molar-refractivity contribution >= 4 is 5.82 Å². The van der Waals surface area contributed by atoms with Gasteiger partial charge >= 0.3 is 0 Å². The Morgan fingerprint density at radius 2 is 1.88 bits per heavy atom. The standard InChI is InChI=1S/C15H18N2/c1-10(2)13-5-4-11(3)8-14(13)12-6-7-17-15(16)9-12/h4-10H,1-3H3,(H2,16,17). The summed E-state index contributed by atoms with van der Waals surface area (Å²) >= 11 is 0. The van der Waals surface area contributed by atoms with Crippen molar-refractivity contribution < 1.29 is 0 Å². The summed E-state index contributed by atoms with van der Waals surface area (Å²) in [5.74, 6) is 1.07. The first-order valence-electron chi connectivity index (χ1n) is 5.90. The maximum atomic E-state index is 5.75. The van der Waals surface area contributed by atoms with Crippen molar-refractivity contribution in [1.29, 1.82) is 0 Å². The third-order valence-corrected chi connectivity index (χ3v) is 2.92. The minimum atomic E-state index is 0.500. The summed E-state index contributed by atoms with van der Waals surface area (Å²) < 4.78 is 0. The van der Waals surface area contributed by atoms with E-state index in [-0.39, 0.29) is 0 Å². The average Bonchev–Trinajstić information content (AvgIpc) is 2.28. The molecule has 2 nitrogen and oxygen atoms in total. The Hall–Kier alpha value is -1.83. The largest absolute Gasteiger partial charge is 0.384 e. The number of benzene rings is 1. The second-order valence-electron chi connectivity index (χ2n) is 4.71. The van der Waals surface area contributed by atoms with Crippen LogP contribution >= 0.6 is 0 Å². The molecule has 0 bridgehead atoms. The molecule has 2 aromatic rings. The van der Waals surface area contributed by atoms with E-state index in [9.17, 15) is 0 Å². The number of nitrogens with zero attached hydrogens (tertiary/aromatic N) is 1. The van der Waals surface area contributed by atoms with Crippen molar-refractivity contribution in [1.82, 2.24) is 4.98 Å². The van der Waals surface area contributed by atoms with E-state index < -0.39 is 0 Å². The highest BCUT2D eigenvalue weighted by Crippen LogP contribution is 2.30. The zero-order valence-electron chi connectivity index (χ0n) is 10.6. The van der Waals surface area contributed by atoms with Gasteiger partial charge in [0.05, 0.1) is 0 Å². The number of rotatable bonds is 2. The van der Waals surface area contributed by atoms with Gasteiger partial charge in [0, 0.05) is 6.20 Å². The van der Waals surface area contributed by atoms with Gasteiger partial charge in [-0.05, 0) is 41.7 Å². The first kappa shape index (κ1) is 11.6. The van der Waals surface area contributed by atoms with E-state index >= 15 is 0 Å². The fourth-order valence-corrected chi connectivity index (χ4v) is 2.04. The molecule has 0 aliphatic rings. The zero-order valence-corrected chi connectivity index (χ0v) is 10.6. The molecule has 0 aliphatic heterocycles. The van der Waals surface area contributed by atoms with Crippen molar-refractivity contribution in [2.75, 3.05) is 5.73 Å². The van der Waals surface area contributed by atoms with Crippen LogP contribution in [0.2, 0.25) is 0 Å². The number of hydrogen-bond acceptors (Lipinski definition) is 2. The maximum Gasteiger partial charge on any atom is 0.123 e. The average molecular weight is 226 g/mol. The van der Waals surface area contributed by atoms with Gasteiger partial charge < -0.3 is 5.73 Å². The lowest BCUT2D eigenvalue weighted by molar-refractivity contribution is 0.868. The number of aryl methyl sites for hydroxylation is 1. The number of hydrogen-bond donors (Lipinski definition) is 1. The van der Waals surface area contributed by atoms with Gasteiger partial charge in [-0.25, -0.2) is 4.98 Å². The summed E-state index contributed by atoms with van der Waals surface area (Å²) in [7, 11) is 0. The summed E-state index contributed by atoms with van der Waals surface area (Å²) in [6, 6.07) is 10.5. The van der Waals surface area contributed by atoms with Crippen LogP contribution in [0.25, 0.3) is 11.1 Å². The number of nitrogens with two attached hydrogens (primary N) is 1. The normalized spacial score (nSPS) is 10.8. The quantitative estimate of drug-likeness (QED) is 0.846. The van der Waals surface area contributed by atoms with E-state index in [1.165, 1.54) is 16.7 Å². The summed E-state index contributed by atoms with van der Waals surface area (Å²) in [6.07, 6.45) is 1.76. The van der Waals surface area contributed by atoms with Crippen LogP contribution < -0.4 is 5.73 Å². The molecule has 0 unspecified atom stereocenters. The smallest absolute Gasteiger partial charge is 0.123 e. The van der Waals surface area contributed by atoms with Crippen LogP contribution in [0.1, 0.15) is 30.9 Å². The Bertz CT molecular complexity index is 530. The van der Waals surface area contributed by atoms with Gasteiger partial charge in [-0.3, -0.25) is 0 Å². The number of nitrogen functional groups attached to an aromatic ring is 1. The van der Waals surface area contributed by atoms with Crippen LogP contribution in [0.4, 0.5) is 5.82 Å². The maximum absolute atomic E-state index is 5.75. The molecular formula is C15H18N2. The molecule has 0 saturated heterocycles. The predicted octanol–water partition coefficient (Wildman–Crippen LogP) is 3.76. The van der Waals surface area contributed by atoms with Crippen LogP contribution in [0.5, 0.6) is 0 Å². The van der Waals surface area contributed by atoms with Crippen molar-refractivity contribution in [3.05, 3.63) is 47.7 Å². The highest BCUT2D eigenvalue weighted by Gasteiger charge is 2.09. The van der Waals surface area contributed by atoms with Gasteiger partial charge in [0.25, 0.3) is 0 Å². The van der Waals surface area contributed by atoms with Gasteiger partial charge in [-0.2, -0.15) is 0 Å². The van der Waals surface area contributed by atoms with Crippen LogP contribution in [-0.4, -0.2) is 4.98 Å². The van der Waals surface area contributed by atoms with Crippen molar-refractivity contribution in [2.24, 2.45) is 0 Å². The molecular weight excluding hydrogens is 208 g/mol. The lowest BCUT2D eigenvalue weighted by Gasteiger charge is -2.14. The third-order valence-electron chi connectivity index (χ3n) is 2.92. The zero-order chi connectivity index (χ0) is 12.4. The molecule has 2 heteroatoms. The minimum Gasteiger partial charge on any atom is -0.384 e. The molecule has 0 radical (unpaired) electrons. The first-order chi connectivity index (χ1) is 8.08. The summed E-state index contributed by atoms with van der Waals surface area (Å²) in [4.78, 5) is 4.04. The fourth-order valence-electron chi connectivity index (χ4n) is 2.04. The van der Waals surface area contributed by atoms with Crippen molar-refractivity contribution in [3.8, 4) is 11.1 Å². The van der Waals surface area contributed by atoms with Crippen LogP contribution in [0, 0.1) is 6.92 Å². The lowest BCUT2D eigenvalue weighted by Crippen LogP contribution is -1.95. The van der Waals surface area contributed by atoms with Crippen molar-refractivity contribution in [2.45, 2.75) is 26.7 Å². The predicted molar refractivity (Wildman–Crippen MR) is 72.9 cm³/mol. The van der Waals surface area contributed by atoms with E-state index in [4.69, 9.17) is 5.73 Å². The fraction of sp³-hybridized carbons (Fsp3) is 0.267. The lowest BCUT2D eigenvalue weighted by atomic mass is 9.91. The Morgan fingerprint density at radius 3 is 2.53 bits per heavy atom. The highest BCUT2D eigenvalue weighted by molar-refractivity contribution is 5.70. The number of aromatic nitrogens is 1. The van der Waals surface area contributed by atoms with Gasteiger partial charge in [-0.15, -0.1) is 0 Å². The first-order valence-corrected chi connectivity index (χ1v) is 5.90. The Morgan fingerprint density at radius 1 is 1.12 bits per heavy atom.